The summed E-state index contributed by atoms with van der Waals surface area (Å²) in [5.74, 6) is -0.799. The lowest BCUT2D eigenvalue weighted by molar-refractivity contribution is -0.146. The number of hydrogen-bond acceptors (Lipinski definition) is 8. The minimum absolute atomic E-state index is 0.110. The first-order valence-corrected chi connectivity index (χ1v) is 12.3. The number of benzene rings is 3. The third-order valence-electron chi connectivity index (χ3n) is 6.43. The highest BCUT2D eigenvalue weighted by Crippen LogP contribution is 2.38. The summed E-state index contributed by atoms with van der Waals surface area (Å²) in [5, 5.41) is 13.5. The fraction of sp³-hybridized carbons (Fsp3) is 0.200. The summed E-state index contributed by atoms with van der Waals surface area (Å²) >= 11 is 0. The summed E-state index contributed by atoms with van der Waals surface area (Å²) < 4.78 is 22.1. The Kier molecular flexibility index (Phi) is 8.48. The molecule has 3 aromatic carbocycles. The Balaban J connectivity index is 1.86. The van der Waals surface area contributed by atoms with Crippen molar-refractivity contribution in [2.45, 2.75) is 25.5 Å². The van der Waals surface area contributed by atoms with Crippen LogP contribution in [0.4, 0.5) is 4.79 Å². The van der Waals surface area contributed by atoms with Crippen molar-refractivity contribution in [2.75, 3.05) is 14.2 Å². The normalized spacial score (nSPS) is 11.7. The summed E-state index contributed by atoms with van der Waals surface area (Å²) in [7, 11) is 2.80. The van der Waals surface area contributed by atoms with Crippen molar-refractivity contribution >= 4 is 12.1 Å². The number of aryl methyl sites for hydroxylation is 2. The molecule has 1 heterocycles. The molecule has 0 fully saturated rings. The Morgan fingerprint density at radius 3 is 1.82 bits per heavy atom. The number of carbonyl (C=O) groups is 2. The Bertz CT molecular complexity index is 1420. The minimum atomic E-state index is -1.97. The molecule has 1 atom stereocenters. The van der Waals surface area contributed by atoms with Crippen LogP contribution in [0.2, 0.25) is 0 Å². The lowest BCUT2D eigenvalue weighted by atomic mass is 9.72. The van der Waals surface area contributed by atoms with Crippen molar-refractivity contribution in [2.24, 2.45) is 0 Å². The van der Waals surface area contributed by atoms with Crippen LogP contribution in [0.5, 0.6) is 23.5 Å². The van der Waals surface area contributed by atoms with E-state index in [2.05, 4.69) is 15.3 Å². The molecule has 1 aromatic heterocycles. The van der Waals surface area contributed by atoms with Gasteiger partial charge >= 0.3 is 18.1 Å². The molecule has 0 aliphatic carbocycles. The summed E-state index contributed by atoms with van der Waals surface area (Å²) in [5.41, 5.74) is 0.643. The van der Waals surface area contributed by atoms with Gasteiger partial charge in [0, 0.05) is 0 Å². The molecule has 2 N–H and O–H groups in total. The third kappa shape index (κ3) is 5.80. The summed E-state index contributed by atoms with van der Waals surface area (Å²) in [6.07, 6.45) is -2.55. The first-order chi connectivity index (χ1) is 19.3. The Morgan fingerprint density at radius 1 is 0.800 bits per heavy atom. The number of ether oxygens (including phenoxy) is 4. The van der Waals surface area contributed by atoms with E-state index in [9.17, 15) is 14.7 Å². The van der Waals surface area contributed by atoms with Crippen LogP contribution < -0.4 is 24.3 Å². The minimum Gasteiger partial charge on any atom is -0.481 e. The zero-order chi connectivity index (χ0) is 28.7. The molecule has 0 saturated carbocycles. The van der Waals surface area contributed by atoms with Crippen LogP contribution in [-0.2, 0) is 10.2 Å². The zero-order valence-corrected chi connectivity index (χ0v) is 22.5. The van der Waals surface area contributed by atoms with Gasteiger partial charge in [0.25, 0.3) is 0 Å². The maximum Gasteiger partial charge on any atom is 0.415 e. The average molecular weight is 544 g/mol. The highest BCUT2D eigenvalue weighted by Gasteiger charge is 2.52. The summed E-state index contributed by atoms with van der Waals surface area (Å²) in [6.45, 7) is 3.83. The second-order valence-corrected chi connectivity index (χ2v) is 8.86. The Hall–Kier alpha value is -5.12. The van der Waals surface area contributed by atoms with Crippen LogP contribution in [0.3, 0.4) is 0 Å². The molecule has 0 saturated heterocycles. The van der Waals surface area contributed by atoms with Gasteiger partial charge in [-0.15, -0.1) is 0 Å². The molecular formula is C30H29N3O7. The third-order valence-corrected chi connectivity index (χ3v) is 6.43. The molecule has 0 aliphatic heterocycles. The number of methoxy groups -OCH3 is 2. The fourth-order valence-electron chi connectivity index (χ4n) is 4.23. The number of aromatic nitrogens is 2. The summed E-state index contributed by atoms with van der Waals surface area (Å²) in [6, 6.07) is 23.2. The van der Waals surface area contributed by atoms with Gasteiger partial charge < -0.3 is 24.1 Å². The van der Waals surface area contributed by atoms with Gasteiger partial charge in [0.05, 0.1) is 20.3 Å². The monoisotopic (exact) mass is 543 g/mol. The predicted octanol–water partition coefficient (Wildman–Crippen LogP) is 4.68. The zero-order valence-electron chi connectivity index (χ0n) is 22.5. The van der Waals surface area contributed by atoms with Crippen molar-refractivity contribution in [1.82, 2.24) is 15.3 Å². The molecule has 4 rings (SSSR count). The number of nitrogens with zero attached hydrogens (tertiary/aromatic N) is 2. The maximum absolute atomic E-state index is 13.4. The van der Waals surface area contributed by atoms with E-state index >= 15 is 0 Å². The molecule has 0 unspecified atom stereocenters. The molecule has 10 heteroatoms. The van der Waals surface area contributed by atoms with Crippen molar-refractivity contribution < 1.29 is 33.6 Å². The van der Waals surface area contributed by atoms with E-state index in [-0.39, 0.29) is 23.5 Å². The SMILES string of the molecule is COc1cc(OC)nc(O[C@@H](NC(=O)Oc2ccc(C)c(C)c2)C(C(=O)O)(c2ccccc2)c2ccccc2)n1. The molecule has 0 bridgehead atoms. The van der Waals surface area contributed by atoms with Crippen molar-refractivity contribution in [3.63, 3.8) is 0 Å². The van der Waals surface area contributed by atoms with E-state index in [1.807, 2.05) is 19.9 Å². The standard InChI is InChI=1S/C30H29N3O7/c1-19-15-16-23(17-20(19)2)39-29(36)33-26(40-28-31-24(37-3)18-25(32-28)38-4)30(27(34)35,21-11-7-5-8-12-21)22-13-9-6-10-14-22/h5-18,26H,1-4H3,(H,33,36)(H,34,35)/t26-/m1/s1. The molecule has 10 nitrogen and oxygen atoms in total. The maximum atomic E-state index is 13.4. The number of carboxylic acids is 1. The van der Waals surface area contributed by atoms with Gasteiger partial charge in [-0.25, -0.2) is 4.79 Å². The first-order valence-electron chi connectivity index (χ1n) is 12.3. The van der Waals surface area contributed by atoms with Gasteiger partial charge in [0.2, 0.25) is 18.0 Å². The van der Waals surface area contributed by atoms with Crippen LogP contribution in [0, 0.1) is 13.8 Å². The molecule has 40 heavy (non-hydrogen) atoms. The van der Waals surface area contributed by atoms with Gasteiger partial charge in [0.1, 0.15) is 5.75 Å². The number of rotatable bonds is 10. The summed E-state index contributed by atoms with van der Waals surface area (Å²) in [4.78, 5) is 35.0. The average Bonchev–Trinajstić information content (AvgIpc) is 2.96. The topological polar surface area (TPSA) is 129 Å². The van der Waals surface area contributed by atoms with Crippen molar-refractivity contribution in [3.8, 4) is 23.5 Å². The Labute approximate surface area is 231 Å². The van der Waals surface area contributed by atoms with E-state index < -0.39 is 23.7 Å². The number of aliphatic carboxylic acids is 1. The molecule has 0 radical (unpaired) electrons. The highest BCUT2D eigenvalue weighted by molar-refractivity contribution is 5.88. The number of hydrogen-bond donors (Lipinski definition) is 2. The van der Waals surface area contributed by atoms with Gasteiger partial charge in [-0.2, -0.15) is 9.97 Å². The number of amides is 1. The lowest BCUT2D eigenvalue weighted by Gasteiger charge is -2.37. The lowest BCUT2D eigenvalue weighted by Crippen LogP contribution is -2.59. The number of carbonyl (C=O) groups excluding carboxylic acids is 1. The molecule has 0 aliphatic rings. The van der Waals surface area contributed by atoms with Crippen molar-refractivity contribution in [1.29, 1.82) is 0 Å². The Morgan fingerprint density at radius 2 is 1.35 bits per heavy atom. The largest absolute Gasteiger partial charge is 0.481 e. The van der Waals surface area contributed by atoms with Crippen LogP contribution in [0.1, 0.15) is 22.3 Å². The van der Waals surface area contributed by atoms with Crippen LogP contribution >= 0.6 is 0 Å². The highest BCUT2D eigenvalue weighted by atomic mass is 16.6. The number of carboxylic acid groups (broad SMARTS) is 1. The smallest absolute Gasteiger partial charge is 0.415 e. The van der Waals surface area contributed by atoms with Crippen molar-refractivity contribution in [3.05, 3.63) is 107 Å². The second kappa shape index (κ2) is 12.2. The van der Waals surface area contributed by atoms with E-state index in [4.69, 9.17) is 18.9 Å². The fourth-order valence-corrected chi connectivity index (χ4v) is 4.23. The molecule has 206 valence electrons. The molecule has 4 aromatic rings. The van der Waals surface area contributed by atoms with E-state index in [0.717, 1.165) is 11.1 Å². The van der Waals surface area contributed by atoms with Crippen LogP contribution in [0.15, 0.2) is 84.9 Å². The first kappa shape index (κ1) is 27.9. The van der Waals surface area contributed by atoms with E-state index in [1.165, 1.54) is 20.3 Å². The predicted molar refractivity (Wildman–Crippen MR) is 146 cm³/mol. The molecular weight excluding hydrogens is 514 g/mol. The van der Waals surface area contributed by atoms with Crippen LogP contribution in [0.25, 0.3) is 0 Å². The van der Waals surface area contributed by atoms with E-state index in [0.29, 0.717) is 11.1 Å². The van der Waals surface area contributed by atoms with Gasteiger partial charge in [-0.1, -0.05) is 66.7 Å². The van der Waals surface area contributed by atoms with Crippen LogP contribution in [-0.4, -0.2) is 47.6 Å². The van der Waals surface area contributed by atoms with Gasteiger partial charge in [0.15, 0.2) is 5.41 Å². The van der Waals surface area contributed by atoms with E-state index in [1.54, 1.807) is 72.8 Å². The van der Waals surface area contributed by atoms with Gasteiger partial charge in [-0.3, -0.25) is 10.1 Å². The number of nitrogens with one attached hydrogen (secondary N) is 1. The second-order valence-electron chi connectivity index (χ2n) is 8.86. The quantitative estimate of drug-likeness (QED) is 0.274. The van der Waals surface area contributed by atoms with Gasteiger partial charge in [-0.05, 0) is 48.2 Å². The molecule has 1 amide bonds. The molecule has 0 spiro atoms.